The highest BCUT2D eigenvalue weighted by Crippen LogP contribution is 2.27. The van der Waals surface area contributed by atoms with Gasteiger partial charge in [0.2, 0.25) is 0 Å². The molecule has 5 rings (SSSR count). The van der Waals surface area contributed by atoms with Crippen LogP contribution in [0.1, 0.15) is 5.56 Å². The SMILES string of the molecule is C1=CCc2c(c3ccccc3c3ccc4c(c23)=NC=N4)=C1. The van der Waals surface area contributed by atoms with E-state index in [9.17, 15) is 0 Å². The fourth-order valence-corrected chi connectivity index (χ4v) is 3.50. The molecule has 0 N–H and O–H groups in total. The van der Waals surface area contributed by atoms with Gasteiger partial charge in [-0.05, 0) is 39.4 Å². The Morgan fingerprint density at radius 3 is 2.76 bits per heavy atom. The van der Waals surface area contributed by atoms with E-state index >= 15 is 0 Å². The van der Waals surface area contributed by atoms with Crippen molar-refractivity contribution in [1.82, 2.24) is 0 Å². The Hall–Kier alpha value is -2.74. The van der Waals surface area contributed by atoms with Crippen molar-refractivity contribution in [2.45, 2.75) is 6.42 Å². The van der Waals surface area contributed by atoms with Crippen molar-refractivity contribution < 1.29 is 0 Å². The maximum atomic E-state index is 4.51. The number of aliphatic imine (C=N–C) groups is 1. The van der Waals surface area contributed by atoms with E-state index in [4.69, 9.17) is 0 Å². The largest absolute Gasteiger partial charge is 0.235 e. The van der Waals surface area contributed by atoms with Crippen LogP contribution in [-0.2, 0) is 6.42 Å². The predicted octanol–water partition coefficient (Wildman–Crippen LogP) is 3.18. The van der Waals surface area contributed by atoms with E-state index in [1.807, 2.05) is 0 Å². The number of hydrogen-bond acceptors (Lipinski definition) is 2. The van der Waals surface area contributed by atoms with Crippen LogP contribution in [0.3, 0.4) is 0 Å². The number of allylic oxidation sites excluding steroid dienone is 2. The van der Waals surface area contributed by atoms with Crippen molar-refractivity contribution in [2.24, 2.45) is 9.98 Å². The first-order valence-electron chi connectivity index (χ1n) is 7.17. The third-order valence-electron chi connectivity index (χ3n) is 4.40. The zero-order valence-electron chi connectivity index (χ0n) is 11.4. The molecule has 0 spiro atoms. The fourth-order valence-electron chi connectivity index (χ4n) is 3.50. The molecule has 0 aromatic heterocycles. The Bertz CT molecular complexity index is 1100. The molecule has 0 radical (unpaired) electrons. The third-order valence-corrected chi connectivity index (χ3v) is 4.40. The number of benzene rings is 3. The Morgan fingerprint density at radius 2 is 1.81 bits per heavy atom. The zero-order chi connectivity index (χ0) is 13.8. The molecule has 1 aliphatic heterocycles. The highest BCUT2D eigenvalue weighted by atomic mass is 14.9. The Balaban J connectivity index is 2.19. The average molecular weight is 268 g/mol. The molecule has 0 saturated carbocycles. The molecule has 1 aliphatic carbocycles. The molecule has 2 aliphatic rings. The van der Waals surface area contributed by atoms with Crippen molar-refractivity contribution in [3.8, 4) is 0 Å². The number of hydrogen-bond donors (Lipinski definition) is 0. The first-order chi connectivity index (χ1) is 10.4. The van der Waals surface area contributed by atoms with E-state index in [0.717, 1.165) is 17.5 Å². The van der Waals surface area contributed by atoms with Crippen LogP contribution < -0.4 is 10.6 Å². The summed E-state index contributed by atoms with van der Waals surface area (Å²) in [5, 5.41) is 7.51. The molecule has 21 heavy (non-hydrogen) atoms. The summed E-state index contributed by atoms with van der Waals surface area (Å²) in [5.41, 5.74) is 2.35. The fraction of sp³-hybridized carbons (Fsp3) is 0.0526. The minimum absolute atomic E-state index is 0.957. The Morgan fingerprint density at radius 1 is 0.905 bits per heavy atom. The van der Waals surface area contributed by atoms with Crippen molar-refractivity contribution in [3.05, 3.63) is 64.7 Å². The van der Waals surface area contributed by atoms with Crippen LogP contribution in [0.2, 0.25) is 0 Å². The molecule has 0 unspecified atom stereocenters. The highest BCUT2D eigenvalue weighted by Gasteiger charge is 2.14. The van der Waals surface area contributed by atoms with Crippen LogP contribution in [0.15, 0.2) is 58.5 Å². The normalized spacial score (nSPS) is 14.9. The average Bonchev–Trinajstić information content (AvgIpc) is 3.03. The van der Waals surface area contributed by atoms with Crippen molar-refractivity contribution in [2.75, 3.05) is 0 Å². The minimum atomic E-state index is 0.957. The van der Waals surface area contributed by atoms with E-state index in [-0.39, 0.29) is 0 Å². The second kappa shape index (κ2) is 3.89. The first-order valence-corrected chi connectivity index (χ1v) is 7.17. The molecule has 3 aromatic carbocycles. The summed E-state index contributed by atoms with van der Waals surface area (Å²) in [5.74, 6) is 0. The summed E-state index contributed by atoms with van der Waals surface area (Å²) in [6.07, 6.45) is 9.20. The van der Waals surface area contributed by atoms with Gasteiger partial charge in [0, 0.05) is 5.39 Å². The summed E-state index contributed by atoms with van der Waals surface area (Å²) in [7, 11) is 0. The van der Waals surface area contributed by atoms with Gasteiger partial charge in [-0.1, -0.05) is 48.6 Å². The summed E-state index contributed by atoms with van der Waals surface area (Å²) in [4.78, 5) is 8.87. The van der Waals surface area contributed by atoms with Gasteiger partial charge >= 0.3 is 0 Å². The minimum Gasteiger partial charge on any atom is -0.235 e. The van der Waals surface area contributed by atoms with Gasteiger partial charge in [-0.15, -0.1) is 0 Å². The molecule has 2 nitrogen and oxygen atoms in total. The molecule has 0 bridgehead atoms. The lowest BCUT2D eigenvalue weighted by Crippen LogP contribution is -2.17. The van der Waals surface area contributed by atoms with Crippen LogP contribution in [0, 0.1) is 0 Å². The van der Waals surface area contributed by atoms with Crippen LogP contribution in [0.5, 0.6) is 0 Å². The standard InChI is InChI=1S/C19H12N2/c1-2-7-14-12(5-1)13-6-3-4-8-15(13)18-16(14)9-10-17-19(18)21-11-20-17/h1-7,9-11H,8H2. The third kappa shape index (κ3) is 1.37. The maximum absolute atomic E-state index is 4.51. The van der Waals surface area contributed by atoms with Gasteiger partial charge in [0.05, 0.1) is 11.0 Å². The number of nitrogens with zero attached hydrogens (tertiary/aromatic N) is 2. The van der Waals surface area contributed by atoms with Gasteiger partial charge in [-0.3, -0.25) is 0 Å². The lowest BCUT2D eigenvalue weighted by atomic mass is 9.90. The van der Waals surface area contributed by atoms with Crippen LogP contribution in [-0.4, -0.2) is 6.34 Å². The monoisotopic (exact) mass is 268 g/mol. The van der Waals surface area contributed by atoms with E-state index in [1.165, 1.54) is 32.3 Å². The van der Waals surface area contributed by atoms with Crippen LogP contribution >= 0.6 is 0 Å². The molecule has 0 saturated heterocycles. The molecule has 1 heterocycles. The second-order valence-electron chi connectivity index (χ2n) is 5.47. The highest BCUT2D eigenvalue weighted by molar-refractivity contribution is 6.10. The van der Waals surface area contributed by atoms with E-state index in [1.54, 1.807) is 6.34 Å². The molecule has 0 atom stereocenters. The summed E-state index contributed by atoms with van der Waals surface area (Å²) in [6, 6.07) is 12.9. The second-order valence-corrected chi connectivity index (χ2v) is 5.47. The topological polar surface area (TPSA) is 24.7 Å². The lowest BCUT2D eigenvalue weighted by Gasteiger charge is -2.13. The molecular weight excluding hydrogens is 256 g/mol. The Kier molecular flexibility index (Phi) is 2.03. The summed E-state index contributed by atoms with van der Waals surface area (Å²) >= 11 is 0. The summed E-state index contributed by atoms with van der Waals surface area (Å²) < 4.78 is 0. The van der Waals surface area contributed by atoms with Gasteiger partial charge in [0.1, 0.15) is 6.34 Å². The van der Waals surface area contributed by atoms with Crippen LogP contribution in [0.4, 0.5) is 5.69 Å². The smallest absolute Gasteiger partial charge is 0.116 e. The van der Waals surface area contributed by atoms with E-state index in [0.29, 0.717) is 0 Å². The quantitative estimate of drug-likeness (QED) is 0.559. The molecule has 2 heteroatoms. The van der Waals surface area contributed by atoms with Crippen molar-refractivity contribution in [1.29, 1.82) is 0 Å². The summed E-state index contributed by atoms with van der Waals surface area (Å²) in [6.45, 7) is 0. The Labute approximate surface area is 121 Å². The molecule has 0 fully saturated rings. The van der Waals surface area contributed by atoms with Crippen LogP contribution in [0.25, 0.3) is 27.6 Å². The van der Waals surface area contributed by atoms with Crippen molar-refractivity contribution in [3.63, 3.8) is 0 Å². The van der Waals surface area contributed by atoms with Gasteiger partial charge in [0.15, 0.2) is 0 Å². The maximum Gasteiger partial charge on any atom is 0.116 e. The van der Waals surface area contributed by atoms with Gasteiger partial charge in [0.25, 0.3) is 0 Å². The van der Waals surface area contributed by atoms with E-state index < -0.39 is 0 Å². The predicted molar refractivity (Wildman–Crippen MR) is 87.7 cm³/mol. The van der Waals surface area contributed by atoms with Gasteiger partial charge < -0.3 is 0 Å². The molecular formula is C19H12N2. The van der Waals surface area contributed by atoms with Crippen molar-refractivity contribution >= 4 is 39.6 Å². The lowest BCUT2D eigenvalue weighted by molar-refractivity contribution is 1.26. The van der Waals surface area contributed by atoms with E-state index in [2.05, 4.69) is 64.6 Å². The van der Waals surface area contributed by atoms with Gasteiger partial charge in [-0.2, -0.15) is 0 Å². The zero-order valence-corrected chi connectivity index (χ0v) is 11.4. The number of fused-ring (bicyclic) bond motifs is 8. The molecule has 0 amide bonds. The molecule has 3 aromatic rings. The number of rotatable bonds is 0. The first kappa shape index (κ1) is 11.0. The molecule has 98 valence electrons. The van der Waals surface area contributed by atoms with Gasteiger partial charge in [-0.25, -0.2) is 9.98 Å².